The molecule has 1 aromatic carbocycles. The van der Waals surface area contributed by atoms with Gasteiger partial charge in [-0.2, -0.15) is 0 Å². The molecule has 3 heterocycles. The van der Waals surface area contributed by atoms with Gasteiger partial charge in [-0.15, -0.1) is 11.3 Å². The number of nitrogens with zero attached hydrogens (tertiary/aromatic N) is 4. The normalized spacial score (nSPS) is 19.4. The Morgan fingerprint density at radius 1 is 1.28 bits per heavy atom. The van der Waals surface area contributed by atoms with E-state index in [1.807, 2.05) is 6.07 Å². The molecule has 2 aliphatic heterocycles. The van der Waals surface area contributed by atoms with Gasteiger partial charge in [-0.05, 0) is 32.5 Å². The number of likely N-dealkylation sites (N-methyl/N-ethyl adjacent to an activating group) is 1. The summed E-state index contributed by atoms with van der Waals surface area (Å²) in [6, 6.07) is 8.72. The summed E-state index contributed by atoms with van der Waals surface area (Å²) in [5, 5.41) is 5.84. The van der Waals surface area contributed by atoms with Crippen LogP contribution in [-0.2, 0) is 4.74 Å². The second kappa shape index (κ2) is 8.81. The fourth-order valence-corrected chi connectivity index (χ4v) is 4.80. The Labute approximate surface area is 177 Å². The molecule has 0 bridgehead atoms. The number of benzene rings is 1. The van der Waals surface area contributed by atoms with Crippen LogP contribution in [0.4, 0.5) is 16.4 Å². The number of anilines is 2. The molecule has 1 aromatic heterocycles. The number of nitrogens with one attached hydrogen (secondary N) is 1. The highest BCUT2D eigenvalue weighted by Crippen LogP contribution is 2.39. The smallest absolute Gasteiger partial charge is 0.158 e. The Morgan fingerprint density at radius 3 is 2.90 bits per heavy atom. The third-order valence-corrected chi connectivity index (χ3v) is 6.88. The summed E-state index contributed by atoms with van der Waals surface area (Å²) >= 11 is 1.75. The lowest BCUT2D eigenvalue weighted by Crippen LogP contribution is -2.53. The lowest BCUT2D eigenvalue weighted by atomic mass is 10.1. The van der Waals surface area contributed by atoms with E-state index in [2.05, 4.69) is 61.1 Å². The molecule has 0 radical (unpaired) electrons. The van der Waals surface area contributed by atoms with Crippen molar-refractivity contribution in [3.05, 3.63) is 35.0 Å². The van der Waals surface area contributed by atoms with Gasteiger partial charge >= 0.3 is 0 Å². The van der Waals surface area contributed by atoms with Crippen molar-refractivity contribution in [2.75, 3.05) is 45.2 Å². The molecule has 1 N–H and O–H groups in total. The third kappa shape index (κ3) is 4.32. The first kappa shape index (κ1) is 20.3. The molecule has 6 nitrogen and oxygen atoms in total. The fraction of sp³-hybridized carbons (Fsp3) is 0.545. The highest BCUT2D eigenvalue weighted by atomic mass is 32.1. The van der Waals surface area contributed by atoms with E-state index >= 15 is 0 Å². The summed E-state index contributed by atoms with van der Waals surface area (Å²) < 4.78 is 5.62. The number of piperazine rings is 1. The summed E-state index contributed by atoms with van der Waals surface area (Å²) in [5.74, 6) is 1.40. The molecule has 2 aliphatic rings. The van der Waals surface area contributed by atoms with Crippen LogP contribution < -0.4 is 5.32 Å². The van der Waals surface area contributed by atoms with E-state index in [4.69, 9.17) is 14.7 Å². The predicted octanol–water partition coefficient (Wildman–Crippen LogP) is 4.44. The molecular formula is C22H31N5OS. The van der Waals surface area contributed by atoms with E-state index in [-0.39, 0.29) is 0 Å². The second-order valence-electron chi connectivity index (χ2n) is 8.03. The molecule has 1 atom stereocenters. The maximum absolute atomic E-state index is 5.62. The van der Waals surface area contributed by atoms with Crippen LogP contribution in [0.1, 0.15) is 43.8 Å². The lowest BCUT2D eigenvalue weighted by Gasteiger charge is -2.40. The fourth-order valence-electron chi connectivity index (χ4n) is 3.82. The topological polar surface area (TPSA) is 53.0 Å². The molecule has 0 saturated carbocycles. The summed E-state index contributed by atoms with van der Waals surface area (Å²) in [6.45, 7) is 10.9. The van der Waals surface area contributed by atoms with Gasteiger partial charge in [0.1, 0.15) is 10.7 Å². The number of rotatable bonds is 5. The number of hydrogen-bond acceptors (Lipinski definition) is 7. The van der Waals surface area contributed by atoms with E-state index in [0.717, 1.165) is 72.2 Å². The van der Waals surface area contributed by atoms with Gasteiger partial charge < -0.3 is 15.0 Å². The molecular weight excluding hydrogens is 382 g/mol. The zero-order valence-electron chi connectivity index (χ0n) is 17.8. The zero-order valence-corrected chi connectivity index (χ0v) is 18.6. The van der Waals surface area contributed by atoms with E-state index in [1.165, 1.54) is 0 Å². The Balaban J connectivity index is 1.68. The van der Waals surface area contributed by atoms with Crippen molar-refractivity contribution < 1.29 is 4.74 Å². The van der Waals surface area contributed by atoms with Gasteiger partial charge in [-0.3, -0.25) is 4.90 Å². The number of para-hydroxylation sites is 2. The first-order valence-corrected chi connectivity index (χ1v) is 11.4. The monoisotopic (exact) mass is 413 g/mol. The minimum absolute atomic E-state index is 0.400. The van der Waals surface area contributed by atoms with Crippen molar-refractivity contribution in [1.29, 1.82) is 0 Å². The molecule has 1 fully saturated rings. The summed E-state index contributed by atoms with van der Waals surface area (Å²) in [4.78, 5) is 15.0. The molecule has 156 valence electrons. The van der Waals surface area contributed by atoms with Crippen molar-refractivity contribution in [3.8, 4) is 0 Å². The van der Waals surface area contributed by atoms with Crippen molar-refractivity contribution in [2.45, 2.75) is 39.2 Å². The van der Waals surface area contributed by atoms with Crippen molar-refractivity contribution in [2.24, 2.45) is 4.99 Å². The number of hydrogen-bond donors (Lipinski definition) is 1. The summed E-state index contributed by atoms with van der Waals surface area (Å²) in [7, 11) is 2.21. The average molecular weight is 414 g/mol. The van der Waals surface area contributed by atoms with E-state index in [9.17, 15) is 0 Å². The van der Waals surface area contributed by atoms with Crippen LogP contribution in [0.25, 0.3) is 0 Å². The van der Waals surface area contributed by atoms with E-state index in [1.54, 1.807) is 11.3 Å². The van der Waals surface area contributed by atoms with E-state index < -0.39 is 0 Å². The molecule has 29 heavy (non-hydrogen) atoms. The minimum atomic E-state index is 0.400. The number of ether oxygens (including phenoxy) is 1. The van der Waals surface area contributed by atoms with Crippen LogP contribution in [-0.4, -0.2) is 66.6 Å². The Morgan fingerprint density at radius 2 is 2.10 bits per heavy atom. The Hall–Kier alpha value is -1.96. The summed E-state index contributed by atoms with van der Waals surface area (Å²) in [6.07, 6.45) is 1.03. The number of amidine groups is 1. The molecule has 7 heteroatoms. The zero-order chi connectivity index (χ0) is 20.4. The Bertz CT molecular complexity index is 878. The van der Waals surface area contributed by atoms with Crippen LogP contribution in [0.5, 0.6) is 0 Å². The SMILES string of the molecule is CCOCCC1CN(C2=Nc3ccccc3Nc3sc(C(C)C)nc32)CCN1C. The molecule has 1 saturated heterocycles. The molecule has 1 unspecified atom stereocenters. The number of aromatic nitrogens is 1. The van der Waals surface area contributed by atoms with Gasteiger partial charge in [0.15, 0.2) is 5.84 Å². The van der Waals surface area contributed by atoms with Crippen molar-refractivity contribution >= 4 is 33.5 Å². The van der Waals surface area contributed by atoms with Crippen LogP contribution in [0, 0.1) is 0 Å². The van der Waals surface area contributed by atoms with Gasteiger partial charge in [-0.1, -0.05) is 26.0 Å². The largest absolute Gasteiger partial charge is 0.382 e. The van der Waals surface area contributed by atoms with E-state index in [0.29, 0.717) is 12.0 Å². The first-order chi connectivity index (χ1) is 14.1. The second-order valence-corrected chi connectivity index (χ2v) is 9.06. The van der Waals surface area contributed by atoms with Crippen LogP contribution >= 0.6 is 11.3 Å². The summed E-state index contributed by atoms with van der Waals surface area (Å²) in [5.41, 5.74) is 3.01. The molecule has 4 rings (SSSR count). The highest BCUT2D eigenvalue weighted by molar-refractivity contribution is 7.16. The van der Waals surface area contributed by atoms with Gasteiger partial charge in [0.05, 0.1) is 16.4 Å². The molecule has 0 amide bonds. The van der Waals surface area contributed by atoms with Crippen molar-refractivity contribution in [1.82, 2.24) is 14.8 Å². The maximum atomic E-state index is 5.62. The molecule has 0 spiro atoms. The van der Waals surface area contributed by atoms with Crippen LogP contribution in [0.2, 0.25) is 0 Å². The highest BCUT2D eigenvalue weighted by Gasteiger charge is 2.31. The van der Waals surface area contributed by atoms with Crippen LogP contribution in [0.3, 0.4) is 0 Å². The lowest BCUT2D eigenvalue weighted by molar-refractivity contribution is 0.0843. The van der Waals surface area contributed by atoms with Crippen LogP contribution in [0.15, 0.2) is 29.3 Å². The number of aliphatic imine (C=N–C) groups is 1. The van der Waals surface area contributed by atoms with Gasteiger partial charge in [-0.25, -0.2) is 9.98 Å². The minimum Gasteiger partial charge on any atom is -0.382 e. The maximum Gasteiger partial charge on any atom is 0.158 e. The molecule has 2 aromatic rings. The molecule has 0 aliphatic carbocycles. The third-order valence-electron chi connectivity index (χ3n) is 5.60. The predicted molar refractivity (Wildman–Crippen MR) is 121 cm³/mol. The van der Waals surface area contributed by atoms with Crippen molar-refractivity contribution in [3.63, 3.8) is 0 Å². The quantitative estimate of drug-likeness (QED) is 0.734. The van der Waals surface area contributed by atoms with Gasteiger partial charge in [0, 0.05) is 44.8 Å². The Kier molecular flexibility index (Phi) is 6.18. The first-order valence-electron chi connectivity index (χ1n) is 10.6. The standard InChI is InChI=1S/C22H31N5OS/c1-5-28-13-10-16-14-27(12-11-26(16)4)20-19-22(29-21(25-19)15(2)3)24-18-9-7-6-8-17(18)23-20/h6-9,15-16,24H,5,10-14H2,1-4H3. The van der Waals surface area contributed by atoms with Gasteiger partial charge in [0.2, 0.25) is 0 Å². The average Bonchev–Trinajstić information content (AvgIpc) is 3.06. The number of thiazole rings is 1. The number of fused-ring (bicyclic) bond motifs is 2. The van der Waals surface area contributed by atoms with Gasteiger partial charge in [0.25, 0.3) is 0 Å².